The summed E-state index contributed by atoms with van der Waals surface area (Å²) < 4.78 is 0. The van der Waals surface area contributed by atoms with Crippen molar-refractivity contribution in [2.24, 2.45) is 5.41 Å². The molecule has 0 bridgehead atoms. The lowest BCUT2D eigenvalue weighted by molar-refractivity contribution is -0.160. The molecular formula is C26H26Cl2N2O3S. The monoisotopic (exact) mass is 516 g/mol. The number of carboxylic acid groups (broad SMARTS) is 1. The fourth-order valence-electron chi connectivity index (χ4n) is 5.11. The molecule has 1 aliphatic rings. The second-order valence-corrected chi connectivity index (χ2v) is 10.8. The van der Waals surface area contributed by atoms with E-state index in [0.29, 0.717) is 22.9 Å². The summed E-state index contributed by atoms with van der Waals surface area (Å²) >= 11 is 14.1. The summed E-state index contributed by atoms with van der Waals surface area (Å²) in [5, 5.41) is 13.7. The van der Waals surface area contributed by atoms with Crippen molar-refractivity contribution in [2.75, 3.05) is 0 Å². The van der Waals surface area contributed by atoms with Crippen molar-refractivity contribution in [1.29, 1.82) is 0 Å². The summed E-state index contributed by atoms with van der Waals surface area (Å²) in [7, 11) is 0. The smallest absolute Gasteiger partial charge is 0.304 e. The van der Waals surface area contributed by atoms with Gasteiger partial charge in [-0.15, -0.1) is 11.3 Å². The summed E-state index contributed by atoms with van der Waals surface area (Å²) in [6.45, 7) is 3.79. The summed E-state index contributed by atoms with van der Waals surface area (Å²) in [5.74, 6) is -1.33. The number of carboxylic acids is 1. The van der Waals surface area contributed by atoms with Gasteiger partial charge in [0.05, 0.1) is 23.9 Å². The lowest BCUT2D eigenvalue weighted by Gasteiger charge is -2.51. The molecule has 1 unspecified atom stereocenters. The molecule has 1 aromatic heterocycles. The first kappa shape index (κ1) is 24.7. The topological polar surface area (TPSA) is 70.5 Å². The molecule has 0 saturated carbocycles. The number of likely N-dealkylation sites (tertiary alicyclic amines) is 1. The van der Waals surface area contributed by atoms with E-state index in [0.717, 1.165) is 16.1 Å². The highest BCUT2D eigenvalue weighted by Crippen LogP contribution is 2.54. The summed E-state index contributed by atoms with van der Waals surface area (Å²) in [5.41, 5.74) is 0.831. The van der Waals surface area contributed by atoms with Gasteiger partial charge >= 0.3 is 5.97 Å². The minimum atomic E-state index is -1.08. The van der Waals surface area contributed by atoms with E-state index in [9.17, 15) is 14.7 Å². The second kappa shape index (κ2) is 10.1. The average Bonchev–Trinajstić information content (AvgIpc) is 3.32. The maximum absolute atomic E-state index is 14.2. The predicted octanol–water partition coefficient (Wildman–Crippen LogP) is 7.14. The van der Waals surface area contributed by atoms with E-state index in [4.69, 9.17) is 23.2 Å². The number of hydrogen-bond donors (Lipinski definition) is 1. The van der Waals surface area contributed by atoms with Gasteiger partial charge in [0.1, 0.15) is 5.01 Å². The number of halogens is 2. The first-order valence-electron chi connectivity index (χ1n) is 11.2. The van der Waals surface area contributed by atoms with Gasteiger partial charge in [0.15, 0.2) is 0 Å². The number of rotatable bonds is 7. The Morgan fingerprint density at radius 2 is 1.94 bits per heavy atom. The number of aromatic nitrogens is 1. The van der Waals surface area contributed by atoms with E-state index < -0.39 is 11.4 Å². The van der Waals surface area contributed by atoms with E-state index in [2.05, 4.69) is 4.98 Å². The van der Waals surface area contributed by atoms with Crippen LogP contribution in [0.15, 0.2) is 60.1 Å². The Balaban J connectivity index is 1.94. The zero-order chi connectivity index (χ0) is 24.5. The van der Waals surface area contributed by atoms with Crippen LogP contribution in [0.1, 0.15) is 67.2 Å². The van der Waals surface area contributed by atoms with Crippen LogP contribution in [0.3, 0.4) is 0 Å². The highest BCUT2D eigenvalue weighted by molar-refractivity contribution is 7.09. The Hall–Kier alpha value is -2.41. The Morgan fingerprint density at radius 3 is 2.53 bits per heavy atom. The Morgan fingerprint density at radius 1 is 1.21 bits per heavy atom. The summed E-state index contributed by atoms with van der Waals surface area (Å²) in [4.78, 5) is 32.4. The van der Waals surface area contributed by atoms with Crippen LogP contribution in [0.2, 0.25) is 10.0 Å². The van der Waals surface area contributed by atoms with Gasteiger partial charge in [0.2, 0.25) is 5.91 Å². The van der Waals surface area contributed by atoms with Crippen LogP contribution in [0, 0.1) is 5.41 Å². The van der Waals surface area contributed by atoms with Gasteiger partial charge in [-0.05, 0) is 48.2 Å². The maximum Gasteiger partial charge on any atom is 0.304 e. The van der Waals surface area contributed by atoms with Crippen LogP contribution in [0.4, 0.5) is 0 Å². The Labute approximate surface area is 213 Å². The minimum Gasteiger partial charge on any atom is -0.481 e. The zero-order valence-corrected chi connectivity index (χ0v) is 21.3. The molecule has 1 aliphatic heterocycles. The van der Waals surface area contributed by atoms with Crippen molar-refractivity contribution in [2.45, 2.75) is 51.1 Å². The van der Waals surface area contributed by atoms with E-state index >= 15 is 0 Å². The van der Waals surface area contributed by atoms with Gasteiger partial charge in [0.25, 0.3) is 0 Å². The molecule has 0 radical (unpaired) electrons. The molecule has 0 spiro atoms. The SMILES string of the molecule is CCC(c1nccs1)N1C(=O)[C@@](C)(CC(=O)O)C[C@H](c2cccc(Cl)c2)[C@H]1c1ccc(Cl)cc1. The lowest BCUT2D eigenvalue weighted by Crippen LogP contribution is -2.53. The third-order valence-corrected chi connectivity index (χ3v) is 7.95. The van der Waals surface area contributed by atoms with Crippen molar-refractivity contribution in [3.8, 4) is 0 Å². The van der Waals surface area contributed by atoms with E-state index in [-0.39, 0.29) is 30.3 Å². The van der Waals surface area contributed by atoms with Crippen molar-refractivity contribution in [3.63, 3.8) is 0 Å². The number of aliphatic carboxylic acids is 1. The molecule has 34 heavy (non-hydrogen) atoms. The van der Waals surface area contributed by atoms with Gasteiger partial charge < -0.3 is 10.0 Å². The van der Waals surface area contributed by atoms with Crippen LogP contribution in [0.25, 0.3) is 0 Å². The highest BCUT2D eigenvalue weighted by atomic mass is 35.5. The number of amides is 1. The molecule has 2 aromatic carbocycles. The van der Waals surface area contributed by atoms with Crippen molar-refractivity contribution >= 4 is 46.4 Å². The normalized spacial score (nSPS) is 23.6. The largest absolute Gasteiger partial charge is 0.481 e. The van der Waals surface area contributed by atoms with Gasteiger partial charge in [-0.25, -0.2) is 4.98 Å². The molecule has 178 valence electrons. The van der Waals surface area contributed by atoms with E-state index in [1.807, 2.05) is 65.7 Å². The minimum absolute atomic E-state index is 0.170. The Kier molecular flexibility index (Phi) is 7.31. The third-order valence-electron chi connectivity index (χ3n) is 6.59. The standard InChI is InChI=1S/C26H26Cl2N2O3S/c1-3-21(24-29-11-12-34-24)30-23(16-7-9-18(27)10-8-16)20(17-5-4-6-19(28)13-17)14-26(2,25(30)33)15-22(31)32/h4-13,20-21,23H,3,14-15H2,1-2H3,(H,31,32)/t20-,21?,23-,26-/m1/s1. The number of hydrogen-bond acceptors (Lipinski definition) is 4. The van der Waals surface area contributed by atoms with Crippen molar-refractivity contribution in [1.82, 2.24) is 9.88 Å². The highest BCUT2D eigenvalue weighted by Gasteiger charge is 2.52. The Bertz CT molecular complexity index is 1170. The first-order chi connectivity index (χ1) is 16.2. The summed E-state index contributed by atoms with van der Waals surface area (Å²) in [6, 6.07) is 14.5. The van der Waals surface area contributed by atoms with Crippen LogP contribution in [-0.2, 0) is 9.59 Å². The van der Waals surface area contributed by atoms with Gasteiger partial charge in [-0.1, -0.05) is 61.3 Å². The quantitative estimate of drug-likeness (QED) is 0.362. The van der Waals surface area contributed by atoms with E-state index in [1.165, 1.54) is 11.3 Å². The molecule has 1 fully saturated rings. The van der Waals surface area contributed by atoms with Crippen molar-refractivity contribution in [3.05, 3.63) is 86.3 Å². The number of carbonyl (C=O) groups is 2. The molecule has 4 rings (SSSR count). The lowest BCUT2D eigenvalue weighted by atomic mass is 9.67. The van der Waals surface area contributed by atoms with Crippen LogP contribution in [0.5, 0.6) is 0 Å². The molecule has 8 heteroatoms. The van der Waals surface area contributed by atoms with E-state index in [1.54, 1.807) is 13.1 Å². The number of piperidine rings is 1. The molecule has 1 saturated heterocycles. The molecule has 2 heterocycles. The van der Waals surface area contributed by atoms with Gasteiger partial charge in [0, 0.05) is 27.5 Å². The zero-order valence-electron chi connectivity index (χ0n) is 18.9. The van der Waals surface area contributed by atoms with Gasteiger partial charge in [-0.2, -0.15) is 0 Å². The van der Waals surface area contributed by atoms with Crippen LogP contribution >= 0.6 is 34.5 Å². The van der Waals surface area contributed by atoms with Gasteiger partial charge in [-0.3, -0.25) is 9.59 Å². The average molecular weight is 517 g/mol. The first-order valence-corrected chi connectivity index (χ1v) is 12.8. The summed E-state index contributed by atoms with van der Waals surface area (Å²) in [6.07, 6.45) is 2.52. The molecule has 1 amide bonds. The molecule has 5 nitrogen and oxygen atoms in total. The molecule has 4 atom stereocenters. The molecular weight excluding hydrogens is 491 g/mol. The molecule has 3 aromatic rings. The maximum atomic E-state index is 14.2. The fraction of sp³-hybridized carbons (Fsp3) is 0.346. The van der Waals surface area contributed by atoms with Crippen molar-refractivity contribution < 1.29 is 14.7 Å². The number of nitrogens with zero attached hydrogens (tertiary/aromatic N) is 2. The second-order valence-electron chi connectivity index (χ2n) is 9.00. The molecule has 1 N–H and O–H groups in total. The fourth-order valence-corrected chi connectivity index (χ4v) is 6.26. The molecule has 0 aliphatic carbocycles. The predicted molar refractivity (Wildman–Crippen MR) is 135 cm³/mol. The van der Waals surface area contributed by atoms with Crippen LogP contribution in [-0.4, -0.2) is 26.9 Å². The number of benzene rings is 2. The third kappa shape index (κ3) is 4.85. The number of thiazole rings is 1. The van der Waals surface area contributed by atoms with Crippen LogP contribution < -0.4 is 0 Å². The number of carbonyl (C=O) groups excluding carboxylic acids is 1.